The maximum atomic E-state index is 12.3. The zero-order valence-electron chi connectivity index (χ0n) is 7.50. The summed E-state index contributed by atoms with van der Waals surface area (Å²) in [5, 5.41) is 8.89. The number of pyridine rings is 1. The van der Waals surface area contributed by atoms with Crippen molar-refractivity contribution in [2.24, 2.45) is 0 Å². The van der Waals surface area contributed by atoms with E-state index in [9.17, 15) is 8.78 Å². The molecule has 0 radical (unpaired) electrons. The van der Waals surface area contributed by atoms with Gasteiger partial charge in [-0.2, -0.15) is 0 Å². The van der Waals surface area contributed by atoms with Crippen LogP contribution in [0.5, 0.6) is 5.88 Å². The lowest BCUT2D eigenvalue weighted by Gasteiger charge is -2.11. The van der Waals surface area contributed by atoms with Crippen LogP contribution in [0.4, 0.5) is 14.5 Å². The van der Waals surface area contributed by atoms with Gasteiger partial charge in [0.1, 0.15) is 0 Å². The van der Waals surface area contributed by atoms with Crippen LogP contribution in [0.1, 0.15) is 17.6 Å². The molecule has 1 heterocycles. The van der Waals surface area contributed by atoms with Gasteiger partial charge >= 0.3 is 0 Å². The molecule has 0 amide bonds. The van der Waals surface area contributed by atoms with Gasteiger partial charge in [-0.25, -0.2) is 13.8 Å². The van der Waals surface area contributed by atoms with Crippen LogP contribution in [0.25, 0.3) is 0 Å². The Balaban J connectivity index is 3.27. The third-order valence-electron chi connectivity index (χ3n) is 1.80. The number of halogens is 2. The summed E-state index contributed by atoms with van der Waals surface area (Å²) in [5.74, 6) is 0.0643. The minimum atomic E-state index is -2.71. The van der Waals surface area contributed by atoms with E-state index >= 15 is 0 Å². The molecule has 0 atom stereocenters. The number of aliphatic hydroxyl groups is 1. The summed E-state index contributed by atoms with van der Waals surface area (Å²) >= 11 is 0. The lowest BCUT2D eigenvalue weighted by atomic mass is 10.1. The summed E-state index contributed by atoms with van der Waals surface area (Å²) < 4.78 is 29.4. The van der Waals surface area contributed by atoms with Crippen molar-refractivity contribution >= 4 is 5.69 Å². The first-order chi connectivity index (χ1) is 6.61. The Labute approximate surface area is 79.3 Å². The molecule has 78 valence electrons. The second kappa shape index (κ2) is 4.19. The Hall–Kier alpha value is -1.43. The van der Waals surface area contributed by atoms with Gasteiger partial charge in [0.05, 0.1) is 30.5 Å². The number of aliphatic hydroxyl groups excluding tert-OH is 1. The van der Waals surface area contributed by atoms with E-state index < -0.39 is 18.6 Å². The van der Waals surface area contributed by atoms with E-state index in [1.165, 1.54) is 7.11 Å². The van der Waals surface area contributed by atoms with Gasteiger partial charge < -0.3 is 15.6 Å². The molecule has 0 spiro atoms. The highest BCUT2D eigenvalue weighted by Gasteiger charge is 2.18. The lowest BCUT2D eigenvalue weighted by molar-refractivity contribution is 0.151. The van der Waals surface area contributed by atoms with Crippen LogP contribution in [0.3, 0.4) is 0 Å². The van der Waals surface area contributed by atoms with E-state index in [1.54, 1.807) is 0 Å². The summed E-state index contributed by atoms with van der Waals surface area (Å²) in [6, 6.07) is 0. The second-order valence-electron chi connectivity index (χ2n) is 2.57. The first kappa shape index (κ1) is 10.6. The molecule has 0 aromatic carbocycles. The molecular formula is C8H10F2N2O2. The maximum Gasteiger partial charge on any atom is 0.267 e. The smallest absolute Gasteiger partial charge is 0.267 e. The number of alkyl halides is 2. The van der Waals surface area contributed by atoms with E-state index in [2.05, 4.69) is 4.98 Å². The molecule has 0 aliphatic heterocycles. The molecule has 0 saturated heterocycles. The zero-order valence-corrected chi connectivity index (χ0v) is 7.50. The Morgan fingerprint density at radius 2 is 2.29 bits per heavy atom. The molecule has 4 nitrogen and oxygen atoms in total. The number of methoxy groups -OCH3 is 1. The fourth-order valence-electron chi connectivity index (χ4n) is 1.07. The number of hydrogen-bond donors (Lipinski definition) is 2. The number of nitrogens with two attached hydrogens (primary N) is 1. The molecule has 6 heteroatoms. The Morgan fingerprint density at radius 1 is 1.64 bits per heavy atom. The average Bonchev–Trinajstić information content (AvgIpc) is 2.16. The van der Waals surface area contributed by atoms with Gasteiger partial charge in [-0.05, 0) is 0 Å². The molecule has 1 aromatic heterocycles. The van der Waals surface area contributed by atoms with Crippen LogP contribution >= 0.6 is 0 Å². The molecule has 3 N–H and O–H groups in total. The van der Waals surface area contributed by atoms with Gasteiger partial charge in [-0.1, -0.05) is 0 Å². The predicted octanol–water partition coefficient (Wildman–Crippen LogP) is 1.10. The van der Waals surface area contributed by atoms with Crippen LogP contribution in [-0.4, -0.2) is 17.2 Å². The largest absolute Gasteiger partial charge is 0.481 e. The Morgan fingerprint density at radius 3 is 2.71 bits per heavy atom. The van der Waals surface area contributed by atoms with E-state index in [0.29, 0.717) is 0 Å². The number of rotatable bonds is 3. The van der Waals surface area contributed by atoms with Gasteiger partial charge in [0.25, 0.3) is 6.43 Å². The van der Waals surface area contributed by atoms with E-state index in [0.717, 1.165) is 6.20 Å². The zero-order chi connectivity index (χ0) is 10.7. The number of aromatic nitrogens is 1. The molecule has 1 aromatic rings. The number of anilines is 1. The Kier molecular flexibility index (Phi) is 3.19. The van der Waals surface area contributed by atoms with Crippen molar-refractivity contribution in [1.29, 1.82) is 0 Å². The van der Waals surface area contributed by atoms with E-state index in [4.69, 9.17) is 15.6 Å². The molecule has 0 aliphatic rings. The van der Waals surface area contributed by atoms with Crippen LogP contribution in [0, 0.1) is 0 Å². The van der Waals surface area contributed by atoms with Crippen molar-refractivity contribution < 1.29 is 18.6 Å². The average molecular weight is 204 g/mol. The summed E-state index contributed by atoms with van der Waals surface area (Å²) in [7, 11) is 1.32. The van der Waals surface area contributed by atoms with Crippen LogP contribution in [0.15, 0.2) is 6.20 Å². The molecule has 0 bridgehead atoms. The first-order valence-electron chi connectivity index (χ1n) is 3.82. The molecule has 0 fully saturated rings. The predicted molar refractivity (Wildman–Crippen MR) is 46.1 cm³/mol. The first-order valence-corrected chi connectivity index (χ1v) is 3.82. The fourth-order valence-corrected chi connectivity index (χ4v) is 1.07. The molecule has 14 heavy (non-hydrogen) atoms. The van der Waals surface area contributed by atoms with Crippen molar-refractivity contribution in [3.8, 4) is 5.88 Å². The molecule has 1 rings (SSSR count). The third kappa shape index (κ3) is 1.74. The summed E-state index contributed by atoms with van der Waals surface area (Å²) in [6.07, 6.45) is -1.77. The topological polar surface area (TPSA) is 68.4 Å². The summed E-state index contributed by atoms with van der Waals surface area (Å²) in [5.41, 5.74) is 4.93. The highest BCUT2D eigenvalue weighted by molar-refractivity contribution is 5.56. The van der Waals surface area contributed by atoms with Crippen molar-refractivity contribution in [2.75, 3.05) is 12.8 Å². The summed E-state index contributed by atoms with van der Waals surface area (Å²) in [4.78, 5) is 3.61. The highest BCUT2D eigenvalue weighted by atomic mass is 19.3. The maximum absolute atomic E-state index is 12.3. The van der Waals surface area contributed by atoms with Crippen molar-refractivity contribution in [3.05, 3.63) is 17.3 Å². The third-order valence-corrected chi connectivity index (χ3v) is 1.80. The van der Waals surface area contributed by atoms with Crippen molar-refractivity contribution in [3.63, 3.8) is 0 Å². The minimum Gasteiger partial charge on any atom is -0.481 e. The number of nitrogen functional groups attached to an aromatic ring is 1. The van der Waals surface area contributed by atoms with Gasteiger partial charge in [0.15, 0.2) is 0 Å². The second-order valence-corrected chi connectivity index (χ2v) is 2.57. The van der Waals surface area contributed by atoms with Crippen LogP contribution in [-0.2, 0) is 6.61 Å². The van der Waals surface area contributed by atoms with Gasteiger partial charge in [0, 0.05) is 6.20 Å². The SMILES string of the molecule is COc1ncc(C(F)F)c(N)c1CO. The quantitative estimate of drug-likeness (QED) is 0.773. The van der Waals surface area contributed by atoms with Gasteiger partial charge in [-0.3, -0.25) is 0 Å². The molecule has 0 unspecified atom stereocenters. The number of nitrogens with zero attached hydrogens (tertiary/aromatic N) is 1. The normalized spacial score (nSPS) is 10.6. The number of ether oxygens (including phenoxy) is 1. The fraction of sp³-hybridized carbons (Fsp3) is 0.375. The van der Waals surface area contributed by atoms with Crippen molar-refractivity contribution in [1.82, 2.24) is 4.98 Å². The van der Waals surface area contributed by atoms with E-state index in [1.807, 2.05) is 0 Å². The highest BCUT2D eigenvalue weighted by Crippen LogP contribution is 2.31. The van der Waals surface area contributed by atoms with E-state index in [-0.39, 0.29) is 17.1 Å². The van der Waals surface area contributed by atoms with Crippen molar-refractivity contribution in [2.45, 2.75) is 13.0 Å². The van der Waals surface area contributed by atoms with Crippen LogP contribution < -0.4 is 10.5 Å². The van der Waals surface area contributed by atoms with Gasteiger partial charge in [0.2, 0.25) is 5.88 Å². The molecule has 0 aliphatic carbocycles. The number of hydrogen-bond acceptors (Lipinski definition) is 4. The van der Waals surface area contributed by atoms with Gasteiger partial charge in [-0.15, -0.1) is 0 Å². The Bertz CT molecular complexity index is 331. The standard InChI is InChI=1S/C8H10F2N2O2/c1-14-8-5(3-13)6(11)4(2-12-8)7(9)10/h2,7,13H,3H2,1H3,(H2,11,12). The summed E-state index contributed by atoms with van der Waals surface area (Å²) in [6.45, 7) is -0.484. The molecule has 0 saturated carbocycles. The molecular weight excluding hydrogens is 194 g/mol. The lowest BCUT2D eigenvalue weighted by Crippen LogP contribution is -2.05. The monoisotopic (exact) mass is 204 g/mol. The minimum absolute atomic E-state index is 0.0643. The van der Waals surface area contributed by atoms with Crippen LogP contribution in [0.2, 0.25) is 0 Å².